The number of carbonyl (C=O) groups is 1. The second-order valence-corrected chi connectivity index (χ2v) is 7.82. The first kappa shape index (κ1) is 18.6. The number of aromatic nitrogens is 4. The maximum Gasteiger partial charge on any atom is 0.233 e. The van der Waals surface area contributed by atoms with E-state index in [0.717, 1.165) is 23.0 Å². The van der Waals surface area contributed by atoms with Crippen molar-refractivity contribution < 1.29 is 4.79 Å². The molecule has 0 saturated carbocycles. The number of thioether (sulfide) groups is 1. The average molecular weight is 372 g/mol. The summed E-state index contributed by atoms with van der Waals surface area (Å²) in [5.74, 6) is 0.812. The molecule has 3 rings (SSSR count). The number of nitrogens with one attached hydrogen (secondary N) is 1. The SMILES string of the molecule is C[C@@H](Sc1nnc(-c2ccncc2)n1C)C(=O)NCCC1=CCCCC1. The van der Waals surface area contributed by atoms with Crippen molar-refractivity contribution in [2.75, 3.05) is 6.54 Å². The van der Waals surface area contributed by atoms with Crippen molar-refractivity contribution in [2.24, 2.45) is 7.05 Å². The van der Waals surface area contributed by atoms with Crippen LogP contribution in [0.5, 0.6) is 0 Å². The predicted molar refractivity (Wildman–Crippen MR) is 104 cm³/mol. The van der Waals surface area contributed by atoms with Crippen LogP contribution in [0.3, 0.4) is 0 Å². The third kappa shape index (κ3) is 4.72. The highest BCUT2D eigenvalue weighted by Crippen LogP contribution is 2.25. The zero-order valence-corrected chi connectivity index (χ0v) is 16.1. The van der Waals surface area contributed by atoms with Crippen molar-refractivity contribution in [2.45, 2.75) is 49.4 Å². The van der Waals surface area contributed by atoms with Gasteiger partial charge in [0.1, 0.15) is 0 Å². The van der Waals surface area contributed by atoms with Crippen LogP contribution in [-0.2, 0) is 11.8 Å². The van der Waals surface area contributed by atoms with Crippen LogP contribution in [0.15, 0.2) is 41.3 Å². The molecule has 0 bridgehead atoms. The standard InChI is InChI=1S/C19H25N5OS/c1-14(18(25)21-13-8-15-6-4-3-5-7-15)26-19-23-22-17(24(19)2)16-9-11-20-12-10-16/h6,9-12,14H,3-5,7-8,13H2,1-2H3,(H,21,25)/t14-/m1/s1. The fourth-order valence-electron chi connectivity index (χ4n) is 3.00. The van der Waals surface area contributed by atoms with E-state index in [1.807, 2.05) is 30.7 Å². The molecule has 0 saturated heterocycles. The van der Waals surface area contributed by atoms with Gasteiger partial charge in [0.25, 0.3) is 0 Å². The summed E-state index contributed by atoms with van der Waals surface area (Å²) in [5.41, 5.74) is 2.44. The minimum atomic E-state index is -0.219. The summed E-state index contributed by atoms with van der Waals surface area (Å²) in [6, 6.07) is 3.79. The number of nitrogens with zero attached hydrogens (tertiary/aromatic N) is 4. The number of hydrogen-bond donors (Lipinski definition) is 1. The molecule has 2 aromatic rings. The van der Waals surface area contributed by atoms with Gasteiger partial charge >= 0.3 is 0 Å². The molecule has 2 heterocycles. The van der Waals surface area contributed by atoms with Gasteiger partial charge in [0.15, 0.2) is 11.0 Å². The highest BCUT2D eigenvalue weighted by molar-refractivity contribution is 8.00. The Balaban J connectivity index is 1.52. The minimum Gasteiger partial charge on any atom is -0.355 e. The lowest BCUT2D eigenvalue weighted by Gasteiger charge is -2.14. The molecule has 26 heavy (non-hydrogen) atoms. The molecule has 0 fully saturated rings. The van der Waals surface area contributed by atoms with Gasteiger partial charge in [0.2, 0.25) is 5.91 Å². The van der Waals surface area contributed by atoms with Gasteiger partial charge in [-0.1, -0.05) is 23.4 Å². The van der Waals surface area contributed by atoms with Crippen LogP contribution in [0, 0.1) is 0 Å². The van der Waals surface area contributed by atoms with E-state index in [2.05, 4.69) is 26.6 Å². The van der Waals surface area contributed by atoms with Gasteiger partial charge in [-0.15, -0.1) is 10.2 Å². The number of amides is 1. The lowest BCUT2D eigenvalue weighted by atomic mass is 9.97. The van der Waals surface area contributed by atoms with Gasteiger partial charge in [0, 0.05) is 31.5 Å². The van der Waals surface area contributed by atoms with E-state index >= 15 is 0 Å². The zero-order chi connectivity index (χ0) is 18.4. The van der Waals surface area contributed by atoms with E-state index in [4.69, 9.17) is 0 Å². The molecule has 1 aliphatic rings. The molecule has 6 nitrogen and oxygen atoms in total. The first-order valence-electron chi connectivity index (χ1n) is 9.07. The number of rotatable bonds is 7. The lowest BCUT2D eigenvalue weighted by molar-refractivity contribution is -0.120. The smallest absolute Gasteiger partial charge is 0.233 e. The quantitative estimate of drug-likeness (QED) is 0.597. The van der Waals surface area contributed by atoms with Crippen LogP contribution in [0.4, 0.5) is 0 Å². The van der Waals surface area contributed by atoms with Gasteiger partial charge in [0.05, 0.1) is 5.25 Å². The van der Waals surface area contributed by atoms with Gasteiger partial charge in [-0.3, -0.25) is 9.78 Å². The van der Waals surface area contributed by atoms with E-state index in [1.165, 1.54) is 43.0 Å². The number of carbonyl (C=O) groups excluding carboxylic acids is 1. The molecule has 0 aromatic carbocycles. The largest absolute Gasteiger partial charge is 0.355 e. The van der Waals surface area contributed by atoms with Crippen molar-refractivity contribution in [3.05, 3.63) is 36.2 Å². The normalized spacial score (nSPS) is 15.4. The molecule has 1 amide bonds. The van der Waals surface area contributed by atoms with Gasteiger partial charge in [-0.25, -0.2) is 0 Å². The van der Waals surface area contributed by atoms with Crippen LogP contribution in [0.2, 0.25) is 0 Å². The van der Waals surface area contributed by atoms with Gasteiger partial charge < -0.3 is 9.88 Å². The Morgan fingerprint density at radius 3 is 2.85 bits per heavy atom. The Morgan fingerprint density at radius 1 is 1.31 bits per heavy atom. The Morgan fingerprint density at radius 2 is 2.12 bits per heavy atom. The summed E-state index contributed by atoms with van der Waals surface area (Å²) in [6.45, 7) is 2.61. The predicted octanol–water partition coefficient (Wildman–Crippen LogP) is 3.36. The second kappa shape index (κ2) is 8.98. The van der Waals surface area contributed by atoms with Crippen LogP contribution in [0.25, 0.3) is 11.4 Å². The van der Waals surface area contributed by atoms with Gasteiger partial charge in [-0.05, 0) is 51.2 Å². The highest BCUT2D eigenvalue weighted by atomic mass is 32.2. The molecule has 0 aliphatic heterocycles. The minimum absolute atomic E-state index is 0.0415. The number of allylic oxidation sites excluding steroid dienone is 1. The molecule has 1 aliphatic carbocycles. The van der Waals surface area contributed by atoms with Crippen LogP contribution >= 0.6 is 11.8 Å². The summed E-state index contributed by atoms with van der Waals surface area (Å²) in [4.78, 5) is 16.4. The molecular formula is C19H25N5OS. The van der Waals surface area contributed by atoms with E-state index in [1.54, 1.807) is 12.4 Å². The maximum absolute atomic E-state index is 12.4. The fourth-order valence-corrected chi connectivity index (χ4v) is 3.84. The maximum atomic E-state index is 12.4. The topological polar surface area (TPSA) is 72.7 Å². The summed E-state index contributed by atoms with van der Waals surface area (Å²) in [7, 11) is 1.91. The number of hydrogen-bond acceptors (Lipinski definition) is 5. The highest BCUT2D eigenvalue weighted by Gasteiger charge is 2.19. The van der Waals surface area contributed by atoms with Crippen molar-refractivity contribution in [3.63, 3.8) is 0 Å². The van der Waals surface area contributed by atoms with Gasteiger partial charge in [-0.2, -0.15) is 0 Å². The Hall–Kier alpha value is -2.15. The average Bonchev–Trinajstić information content (AvgIpc) is 3.03. The Labute approximate surface area is 158 Å². The molecule has 0 radical (unpaired) electrons. The van der Waals surface area contributed by atoms with Crippen molar-refractivity contribution in [3.8, 4) is 11.4 Å². The monoisotopic (exact) mass is 371 g/mol. The van der Waals surface area contributed by atoms with E-state index in [-0.39, 0.29) is 11.2 Å². The zero-order valence-electron chi connectivity index (χ0n) is 15.3. The van der Waals surface area contributed by atoms with Crippen molar-refractivity contribution in [1.82, 2.24) is 25.1 Å². The molecule has 7 heteroatoms. The summed E-state index contributed by atoms with van der Waals surface area (Å²) < 4.78 is 1.91. The lowest BCUT2D eigenvalue weighted by Crippen LogP contribution is -2.32. The third-order valence-corrected chi connectivity index (χ3v) is 5.69. The van der Waals surface area contributed by atoms with Crippen LogP contribution in [0.1, 0.15) is 39.0 Å². The molecular weight excluding hydrogens is 346 g/mol. The molecule has 138 valence electrons. The summed E-state index contributed by atoms with van der Waals surface area (Å²) in [5, 5.41) is 12.0. The van der Waals surface area contributed by atoms with E-state index in [9.17, 15) is 4.79 Å². The second-order valence-electron chi connectivity index (χ2n) is 6.51. The van der Waals surface area contributed by atoms with Crippen molar-refractivity contribution >= 4 is 17.7 Å². The summed E-state index contributed by atoms with van der Waals surface area (Å²) >= 11 is 1.43. The van der Waals surface area contributed by atoms with Crippen LogP contribution < -0.4 is 5.32 Å². The van der Waals surface area contributed by atoms with E-state index < -0.39 is 0 Å². The molecule has 0 spiro atoms. The Kier molecular flexibility index (Phi) is 6.44. The fraction of sp³-hybridized carbons (Fsp3) is 0.474. The number of pyridine rings is 1. The molecule has 1 N–H and O–H groups in total. The van der Waals surface area contributed by atoms with E-state index in [0.29, 0.717) is 6.54 Å². The summed E-state index contributed by atoms with van der Waals surface area (Å²) in [6.07, 6.45) is 11.7. The first-order valence-corrected chi connectivity index (χ1v) is 9.95. The van der Waals surface area contributed by atoms with Crippen molar-refractivity contribution in [1.29, 1.82) is 0 Å². The first-order chi connectivity index (χ1) is 12.6. The third-order valence-electron chi connectivity index (χ3n) is 4.56. The Bertz CT molecular complexity index is 771. The van der Waals surface area contributed by atoms with Crippen LogP contribution in [-0.4, -0.2) is 37.5 Å². The molecule has 0 unspecified atom stereocenters. The molecule has 2 aromatic heterocycles. The molecule has 1 atom stereocenters.